The topological polar surface area (TPSA) is 54.3 Å². The van der Waals surface area contributed by atoms with Gasteiger partial charge in [-0.15, -0.1) is 0 Å². The SMILES string of the molecule is COc1ccc(CNCc2ccccc2C)cc1OCCCC#N. The lowest BCUT2D eigenvalue weighted by Gasteiger charge is -2.13. The molecule has 0 saturated heterocycles. The van der Waals surface area contributed by atoms with Crippen LogP contribution in [0.2, 0.25) is 0 Å². The van der Waals surface area contributed by atoms with E-state index < -0.39 is 0 Å². The third-order valence-corrected chi connectivity index (χ3v) is 3.82. The predicted octanol–water partition coefficient (Wildman–Crippen LogP) is 3.98. The fourth-order valence-electron chi connectivity index (χ4n) is 2.43. The Labute approximate surface area is 144 Å². The number of nitrogens with one attached hydrogen (secondary N) is 1. The molecule has 0 fully saturated rings. The molecule has 0 spiro atoms. The van der Waals surface area contributed by atoms with Gasteiger partial charge in [-0.25, -0.2) is 0 Å². The molecule has 0 unspecified atom stereocenters. The zero-order valence-corrected chi connectivity index (χ0v) is 14.3. The Bertz CT molecular complexity index is 692. The maximum Gasteiger partial charge on any atom is 0.161 e. The van der Waals surface area contributed by atoms with Crippen LogP contribution >= 0.6 is 0 Å². The molecule has 0 radical (unpaired) electrons. The monoisotopic (exact) mass is 324 g/mol. The predicted molar refractivity (Wildman–Crippen MR) is 95.1 cm³/mol. The Balaban J connectivity index is 1.92. The van der Waals surface area contributed by atoms with Crippen molar-refractivity contribution >= 4 is 0 Å². The number of benzene rings is 2. The van der Waals surface area contributed by atoms with Crippen molar-refractivity contribution in [2.24, 2.45) is 0 Å². The molecule has 24 heavy (non-hydrogen) atoms. The lowest BCUT2D eigenvalue weighted by atomic mass is 10.1. The van der Waals surface area contributed by atoms with Crippen molar-refractivity contribution < 1.29 is 9.47 Å². The van der Waals surface area contributed by atoms with Crippen molar-refractivity contribution in [3.05, 3.63) is 59.2 Å². The van der Waals surface area contributed by atoms with Crippen LogP contribution in [-0.2, 0) is 13.1 Å². The molecule has 0 aliphatic rings. The van der Waals surface area contributed by atoms with E-state index in [4.69, 9.17) is 14.7 Å². The highest BCUT2D eigenvalue weighted by Gasteiger charge is 2.06. The number of nitriles is 1. The molecule has 0 aliphatic heterocycles. The van der Waals surface area contributed by atoms with E-state index in [1.54, 1.807) is 7.11 Å². The van der Waals surface area contributed by atoms with Crippen molar-refractivity contribution in [3.8, 4) is 17.6 Å². The van der Waals surface area contributed by atoms with Crippen molar-refractivity contribution in [1.82, 2.24) is 5.32 Å². The molecule has 1 N–H and O–H groups in total. The Kier molecular flexibility index (Phi) is 7.13. The van der Waals surface area contributed by atoms with Crippen LogP contribution in [0, 0.1) is 18.3 Å². The van der Waals surface area contributed by atoms with Crippen LogP contribution in [0.25, 0.3) is 0 Å². The van der Waals surface area contributed by atoms with Gasteiger partial charge in [0.2, 0.25) is 0 Å². The molecule has 2 aromatic rings. The third kappa shape index (κ3) is 5.29. The standard InChI is InChI=1S/C20H24N2O2/c1-16-7-3-4-8-18(16)15-22-14-17-9-10-19(23-2)20(13-17)24-12-6-5-11-21/h3-4,7-10,13,22H,5-6,12,14-15H2,1-2H3. The molecule has 0 bridgehead atoms. The first-order valence-corrected chi connectivity index (χ1v) is 8.16. The van der Waals surface area contributed by atoms with E-state index in [0.29, 0.717) is 13.0 Å². The molecule has 126 valence electrons. The molecule has 2 aromatic carbocycles. The average Bonchev–Trinajstić information content (AvgIpc) is 2.60. The van der Waals surface area contributed by atoms with Crippen LogP contribution in [0.1, 0.15) is 29.5 Å². The summed E-state index contributed by atoms with van der Waals surface area (Å²) in [5.41, 5.74) is 3.74. The van der Waals surface area contributed by atoms with E-state index in [2.05, 4.69) is 42.6 Å². The molecular formula is C20H24N2O2. The normalized spacial score (nSPS) is 10.2. The van der Waals surface area contributed by atoms with Crippen molar-refractivity contribution in [3.63, 3.8) is 0 Å². The molecule has 0 saturated carbocycles. The zero-order valence-electron chi connectivity index (χ0n) is 14.3. The minimum atomic E-state index is 0.500. The molecule has 0 aromatic heterocycles. The van der Waals surface area contributed by atoms with Gasteiger partial charge in [-0.05, 0) is 42.2 Å². The van der Waals surface area contributed by atoms with Gasteiger partial charge in [0.1, 0.15) is 0 Å². The second-order valence-electron chi connectivity index (χ2n) is 5.63. The van der Waals surface area contributed by atoms with Crippen LogP contribution in [0.5, 0.6) is 11.5 Å². The van der Waals surface area contributed by atoms with E-state index in [-0.39, 0.29) is 0 Å². The number of unbranched alkanes of at least 4 members (excludes halogenated alkanes) is 1. The summed E-state index contributed by atoms with van der Waals surface area (Å²) < 4.78 is 11.1. The molecule has 0 amide bonds. The number of aryl methyl sites for hydroxylation is 1. The second-order valence-corrected chi connectivity index (χ2v) is 5.63. The fraction of sp³-hybridized carbons (Fsp3) is 0.350. The number of nitrogens with zero attached hydrogens (tertiary/aromatic N) is 1. The molecule has 4 nitrogen and oxygen atoms in total. The van der Waals surface area contributed by atoms with Gasteiger partial charge in [-0.1, -0.05) is 30.3 Å². The maximum absolute atomic E-state index is 8.58. The summed E-state index contributed by atoms with van der Waals surface area (Å²) in [6, 6.07) is 16.4. The summed E-state index contributed by atoms with van der Waals surface area (Å²) in [5.74, 6) is 1.44. The van der Waals surface area contributed by atoms with E-state index in [0.717, 1.165) is 36.6 Å². The minimum absolute atomic E-state index is 0.500. The van der Waals surface area contributed by atoms with Gasteiger partial charge in [-0.2, -0.15) is 5.26 Å². The lowest BCUT2D eigenvalue weighted by molar-refractivity contribution is 0.290. The van der Waals surface area contributed by atoms with Crippen molar-refractivity contribution in [2.45, 2.75) is 32.9 Å². The molecule has 0 atom stereocenters. The van der Waals surface area contributed by atoms with Crippen molar-refractivity contribution in [2.75, 3.05) is 13.7 Å². The first kappa shape index (κ1) is 17.8. The smallest absolute Gasteiger partial charge is 0.161 e. The van der Waals surface area contributed by atoms with Crippen LogP contribution in [0.15, 0.2) is 42.5 Å². The minimum Gasteiger partial charge on any atom is -0.493 e. The van der Waals surface area contributed by atoms with Crippen LogP contribution in [-0.4, -0.2) is 13.7 Å². The second kappa shape index (κ2) is 9.59. The first-order chi connectivity index (χ1) is 11.7. The van der Waals surface area contributed by atoms with Gasteiger partial charge >= 0.3 is 0 Å². The number of methoxy groups -OCH3 is 1. The van der Waals surface area contributed by atoms with Gasteiger partial charge in [0.15, 0.2) is 11.5 Å². The first-order valence-electron chi connectivity index (χ1n) is 8.16. The van der Waals surface area contributed by atoms with E-state index in [1.165, 1.54) is 11.1 Å². The quantitative estimate of drug-likeness (QED) is 0.709. The Morgan fingerprint density at radius 1 is 1.08 bits per heavy atom. The van der Waals surface area contributed by atoms with Gasteiger partial charge in [-0.3, -0.25) is 0 Å². The lowest BCUT2D eigenvalue weighted by Crippen LogP contribution is -2.13. The van der Waals surface area contributed by atoms with Gasteiger partial charge in [0.05, 0.1) is 19.8 Å². The molecular weight excluding hydrogens is 300 g/mol. The van der Waals surface area contributed by atoms with E-state index >= 15 is 0 Å². The fourth-order valence-corrected chi connectivity index (χ4v) is 2.43. The Morgan fingerprint density at radius 3 is 2.67 bits per heavy atom. The summed E-state index contributed by atoms with van der Waals surface area (Å²) in [6.45, 7) is 4.23. The van der Waals surface area contributed by atoms with Crippen LogP contribution < -0.4 is 14.8 Å². The number of ether oxygens (including phenoxy) is 2. The van der Waals surface area contributed by atoms with Crippen LogP contribution in [0.3, 0.4) is 0 Å². The third-order valence-electron chi connectivity index (χ3n) is 3.82. The molecule has 2 rings (SSSR count). The van der Waals surface area contributed by atoms with Crippen molar-refractivity contribution in [1.29, 1.82) is 5.26 Å². The van der Waals surface area contributed by atoms with Crippen LogP contribution in [0.4, 0.5) is 0 Å². The average molecular weight is 324 g/mol. The highest BCUT2D eigenvalue weighted by molar-refractivity contribution is 5.43. The summed E-state index contributed by atoms with van der Waals surface area (Å²) in [6.07, 6.45) is 1.22. The Morgan fingerprint density at radius 2 is 1.92 bits per heavy atom. The van der Waals surface area contributed by atoms with E-state index in [9.17, 15) is 0 Å². The highest BCUT2D eigenvalue weighted by atomic mass is 16.5. The zero-order chi connectivity index (χ0) is 17.2. The number of rotatable bonds is 9. The number of hydrogen-bond acceptors (Lipinski definition) is 4. The largest absolute Gasteiger partial charge is 0.493 e. The van der Waals surface area contributed by atoms with E-state index in [1.807, 2.05) is 18.2 Å². The van der Waals surface area contributed by atoms with Gasteiger partial charge in [0, 0.05) is 19.5 Å². The number of hydrogen-bond donors (Lipinski definition) is 1. The highest BCUT2D eigenvalue weighted by Crippen LogP contribution is 2.28. The summed E-state index contributed by atoms with van der Waals surface area (Å²) in [5, 5.41) is 12.0. The molecule has 0 aliphatic carbocycles. The molecule has 0 heterocycles. The summed E-state index contributed by atoms with van der Waals surface area (Å²) >= 11 is 0. The van der Waals surface area contributed by atoms with Gasteiger partial charge in [0.25, 0.3) is 0 Å². The van der Waals surface area contributed by atoms with Gasteiger partial charge < -0.3 is 14.8 Å². The maximum atomic E-state index is 8.58. The summed E-state index contributed by atoms with van der Waals surface area (Å²) in [4.78, 5) is 0. The molecule has 4 heteroatoms. The summed E-state index contributed by atoms with van der Waals surface area (Å²) in [7, 11) is 1.63. The Hall–Kier alpha value is -2.51.